The van der Waals surface area contributed by atoms with Crippen LogP contribution in [-0.2, 0) is 4.79 Å². The zero-order valence-corrected chi connectivity index (χ0v) is 11.8. The zero-order valence-electron chi connectivity index (χ0n) is 11.8. The quantitative estimate of drug-likeness (QED) is 0.859. The minimum absolute atomic E-state index is 0.0630. The normalized spacial score (nSPS) is 13.1. The number of aryl methyl sites for hydroxylation is 1. The van der Waals surface area contributed by atoms with E-state index in [2.05, 4.69) is 5.32 Å². The Morgan fingerprint density at radius 1 is 1.37 bits per heavy atom. The molecule has 0 aliphatic heterocycles. The molecule has 0 spiro atoms. The molecule has 0 fully saturated rings. The number of furan rings is 1. The van der Waals surface area contributed by atoms with Gasteiger partial charge in [-0.05, 0) is 30.9 Å². The van der Waals surface area contributed by atoms with Gasteiger partial charge in [0, 0.05) is 6.04 Å². The van der Waals surface area contributed by atoms with Crippen molar-refractivity contribution in [1.82, 2.24) is 5.32 Å². The van der Waals surface area contributed by atoms with E-state index in [0.29, 0.717) is 12.2 Å². The number of carboxylic acid groups (broad SMARTS) is 1. The summed E-state index contributed by atoms with van der Waals surface area (Å²) in [7, 11) is 0. The zero-order chi connectivity index (χ0) is 14.6. The number of carboxylic acids is 1. The number of hydrogen-bond donors (Lipinski definition) is 2. The van der Waals surface area contributed by atoms with Crippen molar-refractivity contribution in [1.29, 1.82) is 0 Å². The second-order valence-electron chi connectivity index (χ2n) is 5.94. The first kappa shape index (κ1) is 15.3. The van der Waals surface area contributed by atoms with E-state index in [1.54, 1.807) is 19.1 Å². The summed E-state index contributed by atoms with van der Waals surface area (Å²) in [5, 5.41) is 11.6. The molecule has 19 heavy (non-hydrogen) atoms. The molecule has 1 heterocycles. The molecule has 1 rings (SSSR count). The van der Waals surface area contributed by atoms with Gasteiger partial charge in [-0.2, -0.15) is 0 Å². The van der Waals surface area contributed by atoms with Gasteiger partial charge in [0.05, 0.1) is 6.42 Å². The van der Waals surface area contributed by atoms with Crippen molar-refractivity contribution in [3.05, 3.63) is 23.7 Å². The van der Waals surface area contributed by atoms with E-state index in [1.807, 2.05) is 20.8 Å². The molecule has 0 aliphatic rings. The molecule has 1 aromatic rings. The molecule has 5 heteroatoms. The Bertz CT molecular complexity index is 456. The molecule has 0 aromatic carbocycles. The van der Waals surface area contributed by atoms with E-state index >= 15 is 0 Å². The minimum Gasteiger partial charge on any atom is -0.481 e. The van der Waals surface area contributed by atoms with Crippen LogP contribution in [0.3, 0.4) is 0 Å². The van der Waals surface area contributed by atoms with Gasteiger partial charge in [-0.1, -0.05) is 20.8 Å². The lowest BCUT2D eigenvalue weighted by Crippen LogP contribution is -2.38. The fourth-order valence-electron chi connectivity index (χ4n) is 1.94. The first-order chi connectivity index (χ1) is 8.67. The maximum Gasteiger partial charge on any atom is 0.305 e. The summed E-state index contributed by atoms with van der Waals surface area (Å²) in [5.41, 5.74) is -0.0630. The molecule has 1 aromatic heterocycles. The summed E-state index contributed by atoms with van der Waals surface area (Å²) in [5.74, 6) is -0.439. The van der Waals surface area contributed by atoms with Crippen LogP contribution < -0.4 is 5.32 Å². The molecule has 0 bridgehead atoms. The van der Waals surface area contributed by atoms with Crippen LogP contribution in [-0.4, -0.2) is 23.0 Å². The van der Waals surface area contributed by atoms with Crippen molar-refractivity contribution >= 4 is 11.9 Å². The lowest BCUT2D eigenvalue weighted by molar-refractivity contribution is -0.137. The fraction of sp³-hybridized carbons (Fsp3) is 0.571. The van der Waals surface area contributed by atoms with Gasteiger partial charge in [0.1, 0.15) is 5.76 Å². The highest BCUT2D eigenvalue weighted by atomic mass is 16.4. The van der Waals surface area contributed by atoms with Gasteiger partial charge in [-0.25, -0.2) is 0 Å². The monoisotopic (exact) mass is 267 g/mol. The van der Waals surface area contributed by atoms with Crippen LogP contribution in [0, 0.1) is 12.3 Å². The summed E-state index contributed by atoms with van der Waals surface area (Å²) < 4.78 is 5.22. The van der Waals surface area contributed by atoms with Crippen LogP contribution >= 0.6 is 0 Å². The lowest BCUT2D eigenvalue weighted by Gasteiger charge is -2.25. The Labute approximate surface area is 113 Å². The van der Waals surface area contributed by atoms with Gasteiger partial charge in [0.25, 0.3) is 5.91 Å². The largest absolute Gasteiger partial charge is 0.481 e. The predicted octanol–water partition coefficient (Wildman–Crippen LogP) is 2.60. The Kier molecular flexibility index (Phi) is 4.75. The van der Waals surface area contributed by atoms with E-state index in [9.17, 15) is 9.59 Å². The van der Waals surface area contributed by atoms with Gasteiger partial charge < -0.3 is 14.8 Å². The van der Waals surface area contributed by atoms with Gasteiger partial charge in [-0.3, -0.25) is 9.59 Å². The molecule has 1 unspecified atom stereocenters. The van der Waals surface area contributed by atoms with Crippen molar-refractivity contribution in [2.24, 2.45) is 5.41 Å². The van der Waals surface area contributed by atoms with Crippen molar-refractivity contribution in [3.63, 3.8) is 0 Å². The number of hydrogen-bond acceptors (Lipinski definition) is 3. The van der Waals surface area contributed by atoms with Gasteiger partial charge >= 0.3 is 5.97 Å². The molecule has 1 atom stereocenters. The molecule has 2 N–H and O–H groups in total. The first-order valence-corrected chi connectivity index (χ1v) is 6.26. The van der Waals surface area contributed by atoms with Crippen LogP contribution in [0.5, 0.6) is 0 Å². The van der Waals surface area contributed by atoms with Crippen molar-refractivity contribution < 1.29 is 19.1 Å². The summed E-state index contributed by atoms with van der Waals surface area (Å²) >= 11 is 0. The van der Waals surface area contributed by atoms with Crippen LogP contribution in [0.25, 0.3) is 0 Å². The standard InChI is InChI=1S/C14H21NO4/c1-9-5-6-11(19-9)13(18)15-10(7-12(16)17)8-14(2,3)4/h5-6,10H,7-8H2,1-4H3,(H,15,18)(H,16,17). The third-order valence-electron chi connectivity index (χ3n) is 2.58. The van der Waals surface area contributed by atoms with E-state index in [-0.39, 0.29) is 23.5 Å². The van der Waals surface area contributed by atoms with Crippen LogP contribution in [0.1, 0.15) is 49.9 Å². The minimum atomic E-state index is -0.926. The number of nitrogens with one attached hydrogen (secondary N) is 1. The topological polar surface area (TPSA) is 79.5 Å². The number of amides is 1. The summed E-state index contributed by atoms with van der Waals surface area (Å²) in [4.78, 5) is 22.8. The second-order valence-corrected chi connectivity index (χ2v) is 5.94. The number of rotatable bonds is 5. The van der Waals surface area contributed by atoms with E-state index in [4.69, 9.17) is 9.52 Å². The van der Waals surface area contributed by atoms with Gasteiger partial charge in [0.2, 0.25) is 0 Å². The Morgan fingerprint density at radius 2 is 2.00 bits per heavy atom. The van der Waals surface area contributed by atoms with Crippen molar-refractivity contribution in [2.45, 2.75) is 46.6 Å². The molecule has 0 radical (unpaired) electrons. The molecular weight excluding hydrogens is 246 g/mol. The molecule has 1 amide bonds. The van der Waals surface area contributed by atoms with Crippen molar-refractivity contribution in [3.8, 4) is 0 Å². The van der Waals surface area contributed by atoms with Crippen LogP contribution in [0.15, 0.2) is 16.5 Å². The predicted molar refractivity (Wildman–Crippen MR) is 71.0 cm³/mol. The smallest absolute Gasteiger partial charge is 0.305 e. The third kappa shape index (κ3) is 5.59. The number of carbonyl (C=O) groups excluding carboxylic acids is 1. The summed E-state index contributed by atoms with van der Waals surface area (Å²) in [6, 6.07) is 2.88. The third-order valence-corrected chi connectivity index (χ3v) is 2.58. The van der Waals surface area contributed by atoms with E-state index in [0.717, 1.165) is 0 Å². The van der Waals surface area contributed by atoms with Crippen LogP contribution in [0.2, 0.25) is 0 Å². The van der Waals surface area contributed by atoms with Crippen LogP contribution in [0.4, 0.5) is 0 Å². The average Bonchev–Trinajstić information content (AvgIpc) is 2.60. The molecule has 0 saturated heterocycles. The number of aliphatic carboxylic acids is 1. The summed E-state index contributed by atoms with van der Waals surface area (Å²) in [6.07, 6.45) is 0.493. The van der Waals surface area contributed by atoms with E-state index < -0.39 is 12.0 Å². The second kappa shape index (κ2) is 5.91. The summed E-state index contributed by atoms with van der Waals surface area (Å²) in [6.45, 7) is 7.77. The molecule has 106 valence electrons. The van der Waals surface area contributed by atoms with Crippen molar-refractivity contribution in [2.75, 3.05) is 0 Å². The fourth-order valence-corrected chi connectivity index (χ4v) is 1.94. The highest BCUT2D eigenvalue weighted by Crippen LogP contribution is 2.22. The maximum atomic E-state index is 11.9. The Balaban J connectivity index is 2.71. The lowest BCUT2D eigenvalue weighted by atomic mass is 9.87. The SMILES string of the molecule is Cc1ccc(C(=O)NC(CC(=O)O)CC(C)(C)C)o1. The number of carbonyl (C=O) groups is 2. The molecule has 5 nitrogen and oxygen atoms in total. The highest BCUT2D eigenvalue weighted by Gasteiger charge is 2.24. The average molecular weight is 267 g/mol. The highest BCUT2D eigenvalue weighted by molar-refractivity contribution is 5.91. The molecular formula is C14H21NO4. The van der Waals surface area contributed by atoms with Gasteiger partial charge in [0.15, 0.2) is 5.76 Å². The maximum absolute atomic E-state index is 11.9. The van der Waals surface area contributed by atoms with Gasteiger partial charge in [-0.15, -0.1) is 0 Å². The van der Waals surface area contributed by atoms with E-state index in [1.165, 1.54) is 0 Å². The first-order valence-electron chi connectivity index (χ1n) is 6.26. The molecule has 0 saturated carbocycles. The Morgan fingerprint density at radius 3 is 2.42 bits per heavy atom. The molecule has 0 aliphatic carbocycles. The Hall–Kier alpha value is -1.78.